The monoisotopic (exact) mass is 287 g/mol. The van der Waals surface area contributed by atoms with E-state index < -0.39 is 24.7 Å². The summed E-state index contributed by atoms with van der Waals surface area (Å²) in [6.45, 7) is 0. The summed E-state index contributed by atoms with van der Waals surface area (Å²) in [7, 11) is 0. The lowest BCUT2D eigenvalue weighted by molar-refractivity contribution is -0.153. The molecule has 0 saturated carbocycles. The standard InChI is InChI=1S/C10H10Cl2F3NO/c11-5-2-1-3-6(12)9(5)7(17)4-8(16)10(13,14)15/h1-3,7-8,17H,4,16H2/t7-,8-/m0/s1. The number of aliphatic hydroxyl groups is 1. The highest BCUT2D eigenvalue weighted by molar-refractivity contribution is 6.36. The van der Waals surface area contributed by atoms with Gasteiger partial charge in [-0.3, -0.25) is 0 Å². The van der Waals surface area contributed by atoms with Gasteiger partial charge >= 0.3 is 6.18 Å². The SMILES string of the molecule is N[C@@H](C[C@H](O)c1c(Cl)cccc1Cl)C(F)(F)F. The molecule has 7 heteroatoms. The van der Waals surface area contributed by atoms with Gasteiger partial charge in [-0.1, -0.05) is 29.3 Å². The molecule has 3 N–H and O–H groups in total. The molecule has 0 amide bonds. The fraction of sp³-hybridized carbons (Fsp3) is 0.400. The quantitative estimate of drug-likeness (QED) is 0.896. The van der Waals surface area contributed by atoms with Crippen LogP contribution < -0.4 is 5.73 Å². The third-order valence-corrected chi connectivity index (χ3v) is 2.89. The minimum absolute atomic E-state index is 0.0653. The Hall–Kier alpha value is -0.490. The van der Waals surface area contributed by atoms with Gasteiger partial charge in [-0.05, 0) is 12.1 Å². The van der Waals surface area contributed by atoms with Crippen molar-refractivity contribution in [2.45, 2.75) is 24.7 Å². The van der Waals surface area contributed by atoms with Crippen molar-refractivity contribution in [2.75, 3.05) is 0 Å². The molecule has 0 saturated heterocycles. The van der Waals surface area contributed by atoms with E-state index in [9.17, 15) is 18.3 Å². The van der Waals surface area contributed by atoms with E-state index in [1.54, 1.807) is 0 Å². The molecule has 0 unspecified atom stereocenters. The van der Waals surface area contributed by atoms with E-state index in [2.05, 4.69) is 0 Å². The average Bonchev–Trinajstić information content (AvgIpc) is 2.15. The van der Waals surface area contributed by atoms with Crippen molar-refractivity contribution in [3.63, 3.8) is 0 Å². The first-order valence-corrected chi connectivity index (χ1v) is 5.43. The third-order valence-electron chi connectivity index (χ3n) is 2.23. The van der Waals surface area contributed by atoms with Gasteiger partial charge in [-0.15, -0.1) is 0 Å². The first kappa shape index (κ1) is 14.6. The maximum atomic E-state index is 12.2. The number of rotatable bonds is 3. The average molecular weight is 288 g/mol. The molecule has 0 spiro atoms. The summed E-state index contributed by atoms with van der Waals surface area (Å²) in [5.74, 6) is 0. The number of hydrogen-bond acceptors (Lipinski definition) is 2. The van der Waals surface area contributed by atoms with Crippen LogP contribution in [0.5, 0.6) is 0 Å². The number of halogens is 5. The molecule has 0 radical (unpaired) electrons. The van der Waals surface area contributed by atoms with Crippen LogP contribution in [0.1, 0.15) is 18.1 Å². The van der Waals surface area contributed by atoms with Crippen LogP contribution in [0.4, 0.5) is 13.2 Å². The summed E-state index contributed by atoms with van der Waals surface area (Å²) >= 11 is 11.5. The second-order valence-corrected chi connectivity index (χ2v) is 4.35. The molecule has 1 rings (SSSR count). The minimum Gasteiger partial charge on any atom is -0.388 e. The fourth-order valence-electron chi connectivity index (χ4n) is 1.32. The van der Waals surface area contributed by atoms with Gasteiger partial charge in [0.2, 0.25) is 0 Å². The minimum atomic E-state index is -4.56. The Morgan fingerprint density at radius 1 is 1.24 bits per heavy atom. The van der Waals surface area contributed by atoms with Crippen LogP contribution in [0.3, 0.4) is 0 Å². The van der Waals surface area contributed by atoms with Crippen LogP contribution in [0.25, 0.3) is 0 Å². The van der Waals surface area contributed by atoms with E-state index in [0.717, 1.165) is 0 Å². The van der Waals surface area contributed by atoms with Crippen molar-refractivity contribution in [3.8, 4) is 0 Å². The van der Waals surface area contributed by atoms with Crippen LogP contribution in [0, 0.1) is 0 Å². The number of benzene rings is 1. The molecule has 2 atom stereocenters. The molecule has 0 bridgehead atoms. The fourth-order valence-corrected chi connectivity index (χ4v) is 1.97. The summed E-state index contributed by atoms with van der Waals surface area (Å²) in [5, 5.41) is 9.89. The smallest absolute Gasteiger partial charge is 0.388 e. The van der Waals surface area contributed by atoms with E-state index in [4.69, 9.17) is 28.9 Å². The Bertz CT molecular complexity index is 377. The van der Waals surface area contributed by atoms with E-state index >= 15 is 0 Å². The molecule has 2 nitrogen and oxygen atoms in total. The van der Waals surface area contributed by atoms with E-state index in [1.165, 1.54) is 18.2 Å². The van der Waals surface area contributed by atoms with Gasteiger partial charge in [0.15, 0.2) is 0 Å². The predicted octanol–water partition coefficient (Wildman–Crippen LogP) is 3.31. The number of alkyl halides is 3. The van der Waals surface area contributed by atoms with Gasteiger partial charge in [0.25, 0.3) is 0 Å². The summed E-state index contributed by atoms with van der Waals surface area (Å²) < 4.78 is 36.7. The molecule has 1 aromatic rings. The van der Waals surface area contributed by atoms with Crippen LogP contribution >= 0.6 is 23.2 Å². The molecule has 17 heavy (non-hydrogen) atoms. The van der Waals surface area contributed by atoms with E-state index in [0.29, 0.717) is 0 Å². The molecule has 96 valence electrons. The van der Waals surface area contributed by atoms with Crippen LogP contribution in [-0.2, 0) is 0 Å². The van der Waals surface area contributed by atoms with Crippen LogP contribution in [0.15, 0.2) is 18.2 Å². The Labute approximate surface area is 106 Å². The number of aliphatic hydroxyl groups excluding tert-OH is 1. The lowest BCUT2D eigenvalue weighted by Crippen LogP contribution is -2.38. The second-order valence-electron chi connectivity index (χ2n) is 3.53. The summed E-state index contributed by atoms with van der Waals surface area (Å²) in [5.41, 5.74) is 4.98. The molecule has 0 aliphatic rings. The van der Waals surface area contributed by atoms with E-state index in [1.807, 2.05) is 0 Å². The highest BCUT2D eigenvalue weighted by Crippen LogP contribution is 2.34. The van der Waals surface area contributed by atoms with Crippen molar-refractivity contribution < 1.29 is 18.3 Å². The molecule has 0 heterocycles. The largest absolute Gasteiger partial charge is 0.403 e. The lowest BCUT2D eigenvalue weighted by Gasteiger charge is -2.20. The van der Waals surface area contributed by atoms with Crippen molar-refractivity contribution in [2.24, 2.45) is 5.73 Å². The first-order valence-electron chi connectivity index (χ1n) is 4.67. The molecule has 1 aromatic carbocycles. The van der Waals surface area contributed by atoms with Gasteiger partial charge in [-0.25, -0.2) is 0 Å². The third kappa shape index (κ3) is 3.74. The van der Waals surface area contributed by atoms with Gasteiger partial charge in [0, 0.05) is 22.0 Å². The first-order chi connectivity index (χ1) is 7.73. The maximum absolute atomic E-state index is 12.2. The molecule has 0 aliphatic carbocycles. The van der Waals surface area contributed by atoms with Crippen molar-refractivity contribution >= 4 is 23.2 Å². The van der Waals surface area contributed by atoms with Crippen molar-refractivity contribution in [1.29, 1.82) is 0 Å². The van der Waals surface area contributed by atoms with Gasteiger partial charge in [0.05, 0.1) is 6.10 Å². The normalized spacial score (nSPS) is 15.7. The van der Waals surface area contributed by atoms with Gasteiger partial charge < -0.3 is 10.8 Å². The topological polar surface area (TPSA) is 46.2 Å². The molecule has 0 fully saturated rings. The zero-order valence-electron chi connectivity index (χ0n) is 8.51. The highest BCUT2D eigenvalue weighted by atomic mass is 35.5. The summed E-state index contributed by atoms with van der Waals surface area (Å²) in [6, 6.07) is 2.28. The second kappa shape index (κ2) is 5.44. The number of hydrogen-bond donors (Lipinski definition) is 2. The summed E-state index contributed by atoms with van der Waals surface area (Å²) in [6.07, 6.45) is -6.70. The molecular formula is C10H10Cl2F3NO. The van der Waals surface area contributed by atoms with Gasteiger partial charge in [-0.2, -0.15) is 13.2 Å². The van der Waals surface area contributed by atoms with Crippen LogP contribution in [0.2, 0.25) is 10.0 Å². The lowest BCUT2D eigenvalue weighted by atomic mass is 10.0. The van der Waals surface area contributed by atoms with Crippen LogP contribution in [-0.4, -0.2) is 17.3 Å². The number of nitrogens with two attached hydrogens (primary N) is 1. The molecule has 0 aliphatic heterocycles. The van der Waals surface area contributed by atoms with Crippen molar-refractivity contribution in [1.82, 2.24) is 0 Å². The maximum Gasteiger partial charge on any atom is 0.403 e. The predicted molar refractivity (Wildman–Crippen MR) is 60.1 cm³/mol. The Kier molecular flexibility index (Phi) is 4.66. The molecular weight excluding hydrogens is 278 g/mol. The Balaban J connectivity index is 2.87. The Morgan fingerprint density at radius 3 is 2.12 bits per heavy atom. The zero-order valence-corrected chi connectivity index (χ0v) is 10.0. The zero-order chi connectivity index (χ0) is 13.2. The highest BCUT2D eigenvalue weighted by Gasteiger charge is 2.38. The van der Waals surface area contributed by atoms with Gasteiger partial charge in [0.1, 0.15) is 6.04 Å². The van der Waals surface area contributed by atoms with Crippen molar-refractivity contribution in [3.05, 3.63) is 33.8 Å². The Morgan fingerprint density at radius 2 is 1.71 bits per heavy atom. The molecule has 0 aromatic heterocycles. The van der Waals surface area contributed by atoms with E-state index in [-0.39, 0.29) is 15.6 Å². The summed E-state index contributed by atoms with van der Waals surface area (Å²) in [4.78, 5) is 0.